The van der Waals surface area contributed by atoms with Crippen molar-refractivity contribution in [1.82, 2.24) is 4.90 Å². The number of aldehydes is 1. The summed E-state index contributed by atoms with van der Waals surface area (Å²) in [5.41, 5.74) is 0.0513. The van der Waals surface area contributed by atoms with Gasteiger partial charge in [-0.25, -0.2) is 0 Å². The number of carbonyl (C=O) groups is 1. The third-order valence-corrected chi connectivity index (χ3v) is 3.77. The first-order valence-electron chi connectivity index (χ1n) is 4.60. The van der Waals surface area contributed by atoms with Gasteiger partial charge in [-0.05, 0) is 25.7 Å². The molecule has 2 heteroatoms. The van der Waals surface area contributed by atoms with Crippen molar-refractivity contribution in [3.63, 3.8) is 0 Å². The Labute approximate surface area is 66.6 Å². The molecule has 1 unspecified atom stereocenters. The molecule has 0 bridgehead atoms. The minimum absolute atomic E-state index is 0.0513. The summed E-state index contributed by atoms with van der Waals surface area (Å²) >= 11 is 0. The first-order valence-corrected chi connectivity index (χ1v) is 4.60. The van der Waals surface area contributed by atoms with Gasteiger partial charge in [-0.3, -0.25) is 4.90 Å². The Bertz CT molecular complexity index is 200. The van der Waals surface area contributed by atoms with Gasteiger partial charge >= 0.3 is 0 Å². The molecule has 3 fully saturated rings. The van der Waals surface area contributed by atoms with Crippen molar-refractivity contribution in [2.24, 2.45) is 0 Å². The number of nitrogens with zero attached hydrogens (tertiary/aromatic N) is 1. The lowest BCUT2D eigenvalue weighted by Crippen LogP contribution is -2.80. The van der Waals surface area contributed by atoms with Crippen molar-refractivity contribution >= 4 is 6.29 Å². The predicted octanol–water partition coefficient (Wildman–Crippen LogP) is 0.955. The summed E-state index contributed by atoms with van der Waals surface area (Å²) in [6.07, 6.45) is 7.57. The molecule has 3 rings (SSSR count). The molecule has 2 nitrogen and oxygen atoms in total. The molecule has 3 heterocycles. The van der Waals surface area contributed by atoms with Gasteiger partial charge in [0.25, 0.3) is 0 Å². The highest BCUT2D eigenvalue weighted by Gasteiger charge is 2.63. The Balaban J connectivity index is 1.86. The Hall–Kier alpha value is -0.370. The second-order valence-corrected chi connectivity index (χ2v) is 4.28. The normalized spacial score (nSPS) is 53.8. The molecule has 0 aromatic carbocycles. The molecule has 0 saturated carbocycles. The van der Waals surface area contributed by atoms with Crippen LogP contribution < -0.4 is 0 Å². The molecule has 0 aromatic heterocycles. The van der Waals surface area contributed by atoms with Gasteiger partial charge in [-0.2, -0.15) is 0 Å². The van der Waals surface area contributed by atoms with Crippen molar-refractivity contribution in [2.75, 3.05) is 0 Å². The first-order chi connectivity index (χ1) is 5.36. The van der Waals surface area contributed by atoms with Crippen molar-refractivity contribution < 1.29 is 4.79 Å². The molecule has 0 amide bonds. The average Bonchev–Trinajstić information content (AvgIpc) is 1.92. The highest BCUT2D eigenvalue weighted by molar-refractivity contribution is 5.69. The standard InChI is InChI=1S/C9H13NO/c11-6-9-4-7-2-1-3-8(5-9)10(7)9/h6-8H,1-5H2/t7-,8+,9?. The topological polar surface area (TPSA) is 20.3 Å². The largest absolute Gasteiger partial charge is 0.301 e. The zero-order chi connectivity index (χ0) is 7.47. The van der Waals surface area contributed by atoms with Crippen LogP contribution in [0.15, 0.2) is 0 Å². The third kappa shape index (κ3) is 0.527. The van der Waals surface area contributed by atoms with E-state index in [0.29, 0.717) is 0 Å². The molecule has 60 valence electrons. The van der Waals surface area contributed by atoms with Crippen molar-refractivity contribution in [3.05, 3.63) is 0 Å². The number of hydrogen-bond donors (Lipinski definition) is 0. The third-order valence-electron chi connectivity index (χ3n) is 3.77. The van der Waals surface area contributed by atoms with E-state index in [4.69, 9.17) is 0 Å². The molecule has 0 radical (unpaired) electrons. The molecule has 3 aliphatic heterocycles. The molecular formula is C9H13NO. The highest BCUT2D eigenvalue weighted by atomic mass is 16.1. The van der Waals surface area contributed by atoms with E-state index in [1.165, 1.54) is 25.5 Å². The first kappa shape index (κ1) is 6.18. The maximum absolute atomic E-state index is 10.8. The fourth-order valence-corrected chi connectivity index (χ4v) is 3.34. The van der Waals surface area contributed by atoms with Gasteiger partial charge in [-0.15, -0.1) is 0 Å². The molecule has 0 aliphatic carbocycles. The van der Waals surface area contributed by atoms with E-state index in [-0.39, 0.29) is 5.54 Å². The predicted molar refractivity (Wildman–Crippen MR) is 41.3 cm³/mol. The number of piperidine rings is 2. The molecular weight excluding hydrogens is 138 g/mol. The molecule has 0 aromatic rings. The second kappa shape index (κ2) is 1.69. The summed E-state index contributed by atoms with van der Waals surface area (Å²) in [5, 5.41) is 0. The van der Waals surface area contributed by atoms with Crippen LogP contribution >= 0.6 is 0 Å². The Morgan fingerprint density at radius 2 is 1.91 bits per heavy atom. The van der Waals surface area contributed by atoms with Crippen molar-refractivity contribution in [2.45, 2.75) is 49.7 Å². The minimum atomic E-state index is 0.0513. The molecule has 11 heavy (non-hydrogen) atoms. The molecule has 0 N–H and O–H groups in total. The lowest BCUT2D eigenvalue weighted by Gasteiger charge is -2.70. The van der Waals surface area contributed by atoms with Crippen LogP contribution in [0, 0.1) is 0 Å². The second-order valence-electron chi connectivity index (χ2n) is 4.28. The van der Waals surface area contributed by atoms with Crippen LogP contribution in [0.3, 0.4) is 0 Å². The summed E-state index contributed by atoms with van der Waals surface area (Å²) in [5.74, 6) is 0. The van der Waals surface area contributed by atoms with Crippen LogP contribution in [0.25, 0.3) is 0 Å². The van der Waals surface area contributed by atoms with Crippen molar-refractivity contribution in [1.29, 1.82) is 0 Å². The van der Waals surface area contributed by atoms with Gasteiger partial charge in [0, 0.05) is 12.1 Å². The fourth-order valence-electron chi connectivity index (χ4n) is 3.34. The molecule has 3 saturated heterocycles. The molecule has 3 atom stereocenters. The van der Waals surface area contributed by atoms with Gasteiger partial charge in [0.2, 0.25) is 0 Å². The summed E-state index contributed by atoms with van der Waals surface area (Å²) in [7, 11) is 0. The minimum Gasteiger partial charge on any atom is -0.301 e. The van der Waals surface area contributed by atoms with Crippen LogP contribution in [0.4, 0.5) is 0 Å². The van der Waals surface area contributed by atoms with Crippen LogP contribution in [0.5, 0.6) is 0 Å². The van der Waals surface area contributed by atoms with Crippen molar-refractivity contribution in [3.8, 4) is 0 Å². The number of rotatable bonds is 1. The number of hydrogen-bond acceptors (Lipinski definition) is 2. The van der Waals surface area contributed by atoms with Gasteiger partial charge in [0.05, 0.1) is 5.54 Å². The van der Waals surface area contributed by atoms with Crippen LogP contribution in [-0.2, 0) is 4.79 Å². The van der Waals surface area contributed by atoms with Gasteiger partial charge in [0.1, 0.15) is 6.29 Å². The van der Waals surface area contributed by atoms with E-state index >= 15 is 0 Å². The summed E-state index contributed by atoms with van der Waals surface area (Å²) in [6.45, 7) is 0. The van der Waals surface area contributed by atoms with Gasteiger partial charge < -0.3 is 4.79 Å². The van der Waals surface area contributed by atoms with E-state index in [1.807, 2.05) is 0 Å². The molecule has 0 spiro atoms. The van der Waals surface area contributed by atoms with E-state index in [2.05, 4.69) is 4.90 Å². The quantitative estimate of drug-likeness (QED) is 0.520. The Morgan fingerprint density at radius 1 is 1.27 bits per heavy atom. The Kier molecular flexibility index (Phi) is 0.947. The Morgan fingerprint density at radius 3 is 2.45 bits per heavy atom. The highest BCUT2D eigenvalue weighted by Crippen LogP contribution is 2.55. The van der Waals surface area contributed by atoms with Crippen LogP contribution in [0.2, 0.25) is 0 Å². The van der Waals surface area contributed by atoms with Gasteiger partial charge in [0.15, 0.2) is 0 Å². The molecule has 3 aliphatic rings. The van der Waals surface area contributed by atoms with E-state index in [1.54, 1.807) is 0 Å². The monoisotopic (exact) mass is 151 g/mol. The van der Waals surface area contributed by atoms with Gasteiger partial charge in [-0.1, -0.05) is 6.42 Å². The number of carbonyl (C=O) groups excluding carboxylic acids is 1. The van der Waals surface area contributed by atoms with Crippen LogP contribution in [-0.4, -0.2) is 28.8 Å². The fraction of sp³-hybridized carbons (Fsp3) is 0.889. The zero-order valence-corrected chi connectivity index (χ0v) is 6.62. The zero-order valence-electron chi connectivity index (χ0n) is 6.62. The summed E-state index contributed by atoms with van der Waals surface area (Å²) < 4.78 is 0. The van der Waals surface area contributed by atoms with E-state index < -0.39 is 0 Å². The maximum Gasteiger partial charge on any atom is 0.140 e. The van der Waals surface area contributed by atoms with Crippen LogP contribution in [0.1, 0.15) is 32.1 Å². The SMILES string of the molecule is O=CC12C[C@H]3CCC[C@@H](C1)N32. The average molecular weight is 151 g/mol. The lowest BCUT2D eigenvalue weighted by atomic mass is 9.61. The smallest absolute Gasteiger partial charge is 0.140 e. The maximum atomic E-state index is 10.8. The summed E-state index contributed by atoms with van der Waals surface area (Å²) in [6, 6.07) is 1.57. The van der Waals surface area contributed by atoms with E-state index in [9.17, 15) is 4.79 Å². The summed E-state index contributed by atoms with van der Waals surface area (Å²) in [4.78, 5) is 13.2. The van der Waals surface area contributed by atoms with E-state index in [0.717, 1.165) is 24.9 Å². The lowest BCUT2D eigenvalue weighted by molar-refractivity contribution is -0.206.